The Morgan fingerprint density at radius 2 is 1.85 bits per heavy atom. The molecule has 3 rings (SSSR count). The fraction of sp³-hybridized carbons (Fsp3) is 0.222. The summed E-state index contributed by atoms with van der Waals surface area (Å²) in [6, 6.07) is 12.5. The predicted octanol–water partition coefficient (Wildman–Crippen LogP) is 2.30. The number of carbonyl (C=O) groups excluding carboxylic acids is 2. The fourth-order valence-electron chi connectivity index (χ4n) is 2.41. The number of benzene rings is 2. The van der Waals surface area contributed by atoms with Crippen molar-refractivity contribution < 1.29 is 28.7 Å². The number of carbonyl (C=O) groups is 2. The molecule has 1 aliphatic heterocycles. The van der Waals surface area contributed by atoms with Crippen LogP contribution in [-0.4, -0.2) is 35.6 Å². The molecule has 1 heterocycles. The molecular weight excluding hydrogens is 356 g/mol. The van der Waals surface area contributed by atoms with Crippen LogP contribution in [0.5, 0.6) is 11.5 Å². The number of nitrogens with zero attached hydrogens (tertiary/aromatic N) is 1. The molecule has 0 bridgehead atoms. The van der Waals surface area contributed by atoms with Crippen molar-refractivity contribution in [3.8, 4) is 11.5 Å². The molecule has 0 spiro atoms. The first kappa shape index (κ1) is 18.2. The van der Waals surface area contributed by atoms with Crippen molar-refractivity contribution >= 4 is 23.3 Å². The quantitative estimate of drug-likeness (QED) is 0.486. The Kier molecular flexibility index (Phi) is 5.20. The van der Waals surface area contributed by atoms with Crippen molar-refractivity contribution in [2.24, 2.45) is 0 Å². The Labute approximate surface area is 154 Å². The zero-order valence-electron chi connectivity index (χ0n) is 14.3. The Morgan fingerprint density at radius 1 is 1.19 bits per heavy atom. The molecule has 0 unspecified atom stereocenters. The minimum absolute atomic E-state index is 0.0153. The van der Waals surface area contributed by atoms with Crippen molar-refractivity contribution in [3.63, 3.8) is 0 Å². The lowest BCUT2D eigenvalue weighted by Crippen LogP contribution is -2.41. The molecule has 2 aromatic carbocycles. The Balaban J connectivity index is 1.60. The highest BCUT2D eigenvalue weighted by molar-refractivity contribution is 5.97. The molecule has 2 atom stereocenters. The van der Waals surface area contributed by atoms with E-state index in [1.54, 1.807) is 30.3 Å². The van der Waals surface area contributed by atoms with Gasteiger partial charge in [-0.15, -0.1) is 0 Å². The van der Waals surface area contributed by atoms with Crippen LogP contribution in [-0.2, 0) is 14.3 Å². The van der Waals surface area contributed by atoms with E-state index in [4.69, 9.17) is 14.2 Å². The zero-order valence-corrected chi connectivity index (χ0v) is 14.3. The largest absolute Gasteiger partial charge is 0.485 e. The molecule has 0 radical (unpaired) electrons. The first-order chi connectivity index (χ1) is 13.0. The number of amides is 1. The summed E-state index contributed by atoms with van der Waals surface area (Å²) < 4.78 is 16.1. The highest BCUT2D eigenvalue weighted by atomic mass is 16.6. The molecule has 27 heavy (non-hydrogen) atoms. The Morgan fingerprint density at radius 3 is 2.59 bits per heavy atom. The second kappa shape index (κ2) is 7.73. The van der Waals surface area contributed by atoms with Crippen molar-refractivity contribution in [2.45, 2.75) is 19.1 Å². The highest BCUT2D eigenvalue weighted by Gasteiger charge is 2.31. The third kappa shape index (κ3) is 4.14. The normalized spacial score (nSPS) is 16.1. The smallest absolute Gasteiger partial charge is 0.351 e. The number of fused-ring (bicyclic) bond motifs is 1. The second-order valence-electron chi connectivity index (χ2n) is 5.71. The van der Waals surface area contributed by atoms with Gasteiger partial charge in [0.25, 0.3) is 11.6 Å². The fourth-order valence-corrected chi connectivity index (χ4v) is 2.41. The van der Waals surface area contributed by atoms with Gasteiger partial charge in [0.05, 0.1) is 4.92 Å². The summed E-state index contributed by atoms with van der Waals surface area (Å²) in [6.45, 7) is 1.31. The van der Waals surface area contributed by atoms with Crippen LogP contribution in [0.3, 0.4) is 0 Å². The van der Waals surface area contributed by atoms with E-state index in [1.165, 1.54) is 25.1 Å². The molecule has 1 amide bonds. The number of nitro groups is 1. The lowest BCUT2D eigenvalue weighted by molar-refractivity contribution is -0.383. The predicted molar refractivity (Wildman–Crippen MR) is 93.6 cm³/mol. The van der Waals surface area contributed by atoms with Gasteiger partial charge in [0.15, 0.2) is 17.6 Å². The van der Waals surface area contributed by atoms with E-state index in [9.17, 15) is 19.7 Å². The third-order valence-corrected chi connectivity index (χ3v) is 3.79. The van der Waals surface area contributed by atoms with E-state index in [1.807, 2.05) is 0 Å². The van der Waals surface area contributed by atoms with E-state index < -0.39 is 29.0 Å². The number of nitro benzene ring substituents is 1. The van der Waals surface area contributed by atoms with Gasteiger partial charge in [-0.3, -0.25) is 14.9 Å². The summed E-state index contributed by atoms with van der Waals surface area (Å²) in [5, 5.41) is 13.4. The molecule has 9 nitrogen and oxygen atoms in total. The van der Waals surface area contributed by atoms with Gasteiger partial charge in [0, 0.05) is 6.07 Å². The lowest BCUT2D eigenvalue weighted by atomic mass is 10.2. The molecule has 0 aliphatic carbocycles. The van der Waals surface area contributed by atoms with E-state index in [0.29, 0.717) is 11.5 Å². The van der Waals surface area contributed by atoms with Crippen LogP contribution >= 0.6 is 0 Å². The summed E-state index contributed by atoms with van der Waals surface area (Å²) in [4.78, 5) is 34.8. The maximum Gasteiger partial charge on any atom is 0.351 e. The molecule has 9 heteroatoms. The van der Waals surface area contributed by atoms with Gasteiger partial charge in [-0.1, -0.05) is 24.3 Å². The van der Waals surface area contributed by atoms with Crippen LogP contribution in [0.15, 0.2) is 48.5 Å². The van der Waals surface area contributed by atoms with Crippen LogP contribution in [0, 0.1) is 10.1 Å². The number of ether oxygens (including phenoxy) is 3. The number of esters is 1. The Bertz CT molecular complexity index is 884. The third-order valence-electron chi connectivity index (χ3n) is 3.79. The average molecular weight is 372 g/mol. The van der Waals surface area contributed by atoms with Crippen LogP contribution in [0.1, 0.15) is 6.92 Å². The van der Waals surface area contributed by atoms with Crippen LogP contribution in [0.25, 0.3) is 0 Å². The van der Waals surface area contributed by atoms with Crippen molar-refractivity contribution in [3.05, 3.63) is 58.6 Å². The number of nitrogens with one attached hydrogen (secondary N) is 1. The highest BCUT2D eigenvalue weighted by Crippen LogP contribution is 2.31. The average Bonchev–Trinajstić information content (AvgIpc) is 2.67. The second-order valence-corrected chi connectivity index (χ2v) is 5.71. The van der Waals surface area contributed by atoms with Gasteiger partial charge >= 0.3 is 5.97 Å². The maximum absolute atomic E-state index is 12.2. The first-order valence-corrected chi connectivity index (χ1v) is 8.09. The minimum Gasteiger partial charge on any atom is -0.485 e. The molecule has 2 aromatic rings. The summed E-state index contributed by atoms with van der Waals surface area (Å²) in [7, 11) is 0. The summed E-state index contributed by atoms with van der Waals surface area (Å²) in [6.07, 6.45) is -2.20. The lowest BCUT2D eigenvalue weighted by Gasteiger charge is -2.25. The molecule has 0 fully saturated rings. The van der Waals surface area contributed by atoms with E-state index >= 15 is 0 Å². The molecule has 0 saturated carbocycles. The van der Waals surface area contributed by atoms with Crippen molar-refractivity contribution in [2.75, 3.05) is 11.9 Å². The van der Waals surface area contributed by atoms with Crippen molar-refractivity contribution in [1.82, 2.24) is 0 Å². The number of rotatable bonds is 5. The zero-order chi connectivity index (χ0) is 19.4. The first-order valence-electron chi connectivity index (χ1n) is 8.09. The molecule has 1 aliphatic rings. The van der Waals surface area contributed by atoms with Gasteiger partial charge in [0.1, 0.15) is 12.3 Å². The van der Waals surface area contributed by atoms with Crippen molar-refractivity contribution in [1.29, 1.82) is 0 Å². The number of hydrogen-bond acceptors (Lipinski definition) is 7. The molecule has 0 aromatic heterocycles. The van der Waals surface area contributed by atoms with E-state index in [-0.39, 0.29) is 18.0 Å². The minimum atomic E-state index is -1.18. The maximum atomic E-state index is 12.2. The standard InChI is InChI=1S/C18H16N2O7/c1-11(17(21)19-12-6-2-3-7-13(12)20(23)24)26-18(22)16-10-25-14-8-4-5-9-15(14)27-16/h2-9,11,16H,10H2,1H3,(H,19,21)/t11-,16-/m1/s1. The topological polar surface area (TPSA) is 117 Å². The van der Waals surface area contributed by atoms with E-state index in [2.05, 4.69) is 5.32 Å². The molecule has 1 N–H and O–H groups in total. The number of hydrogen-bond donors (Lipinski definition) is 1. The van der Waals surface area contributed by atoms with Crippen LogP contribution in [0.2, 0.25) is 0 Å². The molecule has 140 valence electrons. The number of anilines is 1. The van der Waals surface area contributed by atoms with Gasteiger partial charge < -0.3 is 19.5 Å². The van der Waals surface area contributed by atoms with Crippen LogP contribution in [0.4, 0.5) is 11.4 Å². The number of para-hydroxylation sites is 4. The molecule has 0 saturated heterocycles. The summed E-state index contributed by atoms with van der Waals surface area (Å²) in [5.74, 6) is -0.545. The van der Waals surface area contributed by atoms with Gasteiger partial charge in [0.2, 0.25) is 6.10 Å². The van der Waals surface area contributed by atoms with Crippen LogP contribution < -0.4 is 14.8 Å². The monoisotopic (exact) mass is 372 g/mol. The van der Waals surface area contributed by atoms with Gasteiger partial charge in [-0.25, -0.2) is 4.79 Å². The molecular formula is C18H16N2O7. The Hall–Kier alpha value is -3.62. The van der Waals surface area contributed by atoms with Gasteiger partial charge in [-0.2, -0.15) is 0 Å². The van der Waals surface area contributed by atoms with Gasteiger partial charge in [-0.05, 0) is 25.1 Å². The SMILES string of the molecule is C[C@@H](OC(=O)[C@H]1COc2ccccc2O1)C(=O)Nc1ccccc1[N+](=O)[O-]. The summed E-state index contributed by atoms with van der Waals surface area (Å²) in [5.41, 5.74) is -0.244. The summed E-state index contributed by atoms with van der Waals surface area (Å²) >= 11 is 0. The van der Waals surface area contributed by atoms with E-state index in [0.717, 1.165) is 0 Å².